The summed E-state index contributed by atoms with van der Waals surface area (Å²) in [7, 11) is 0. The predicted octanol–water partition coefficient (Wildman–Crippen LogP) is 2.57. The molecule has 0 saturated heterocycles. The van der Waals surface area contributed by atoms with Crippen molar-refractivity contribution >= 4 is 6.09 Å². The van der Waals surface area contributed by atoms with Crippen molar-refractivity contribution in [3.05, 3.63) is 23.8 Å². The first kappa shape index (κ1) is 12.5. The van der Waals surface area contributed by atoms with Crippen LogP contribution in [0.5, 0.6) is 11.5 Å². The molecule has 2 rings (SSSR count). The molecule has 1 aliphatic rings. The summed E-state index contributed by atoms with van der Waals surface area (Å²) in [6, 6.07) is 5.27. The Balaban J connectivity index is 2.26. The first-order valence-electron chi connectivity index (χ1n) is 5.99. The lowest BCUT2D eigenvalue weighted by Crippen LogP contribution is -2.30. The van der Waals surface area contributed by atoms with Crippen molar-refractivity contribution in [2.24, 2.45) is 0 Å². The molecule has 1 atom stereocenters. The lowest BCUT2D eigenvalue weighted by atomic mass is 10.0. The highest BCUT2D eigenvalue weighted by molar-refractivity contribution is 5.65. The molecule has 0 aliphatic carbocycles. The molecule has 1 aromatic carbocycles. The van der Waals surface area contributed by atoms with Gasteiger partial charge in [0, 0.05) is 12.0 Å². The smallest absolute Gasteiger partial charge is 0.405 e. The Labute approximate surface area is 106 Å². The van der Waals surface area contributed by atoms with Gasteiger partial charge in [0.2, 0.25) is 0 Å². The van der Waals surface area contributed by atoms with Gasteiger partial charge in [-0.25, -0.2) is 4.79 Å². The predicted molar refractivity (Wildman–Crippen MR) is 66.2 cm³/mol. The Hall–Kier alpha value is -1.91. The molecule has 1 aliphatic heterocycles. The molecule has 1 heterocycles. The van der Waals surface area contributed by atoms with E-state index in [1.165, 1.54) is 0 Å². The van der Waals surface area contributed by atoms with E-state index in [0.717, 1.165) is 17.1 Å². The number of hydrogen-bond donors (Lipinski definition) is 2. The van der Waals surface area contributed by atoms with Gasteiger partial charge in [-0.3, -0.25) is 0 Å². The van der Waals surface area contributed by atoms with Crippen LogP contribution in [0.1, 0.15) is 31.9 Å². The maximum absolute atomic E-state index is 10.8. The van der Waals surface area contributed by atoms with Crippen molar-refractivity contribution in [2.75, 3.05) is 6.61 Å². The van der Waals surface area contributed by atoms with E-state index in [0.29, 0.717) is 13.0 Å². The Bertz CT molecular complexity index is 445. The number of hydrogen-bond acceptors (Lipinski definition) is 3. The van der Waals surface area contributed by atoms with Crippen molar-refractivity contribution < 1.29 is 19.4 Å². The summed E-state index contributed by atoms with van der Waals surface area (Å²) in [5.74, 6) is 1.45. The van der Waals surface area contributed by atoms with Crippen LogP contribution in [0, 0.1) is 0 Å². The van der Waals surface area contributed by atoms with Crippen molar-refractivity contribution in [1.82, 2.24) is 5.32 Å². The molecule has 0 radical (unpaired) electrons. The molecule has 5 nitrogen and oxygen atoms in total. The highest BCUT2D eigenvalue weighted by Gasteiger charge is 2.23. The standard InChI is InChI=1S/C13H17NO4/c1-8(2)18-9-3-4-12-10(7-9)11(5-6-17-12)14-13(15)16/h3-4,7-8,11,14H,5-6H2,1-2H3,(H,15,16)/t11-/m0/s1. The molecule has 0 unspecified atom stereocenters. The van der Waals surface area contributed by atoms with E-state index in [4.69, 9.17) is 14.6 Å². The minimum atomic E-state index is -1.02. The van der Waals surface area contributed by atoms with E-state index in [1.807, 2.05) is 32.0 Å². The fraction of sp³-hybridized carbons (Fsp3) is 0.462. The van der Waals surface area contributed by atoms with Gasteiger partial charge in [0.1, 0.15) is 11.5 Å². The number of amides is 1. The molecular weight excluding hydrogens is 234 g/mol. The second kappa shape index (κ2) is 5.16. The number of carboxylic acid groups (broad SMARTS) is 1. The van der Waals surface area contributed by atoms with Gasteiger partial charge in [-0.2, -0.15) is 0 Å². The van der Waals surface area contributed by atoms with Crippen LogP contribution in [0.4, 0.5) is 4.79 Å². The van der Waals surface area contributed by atoms with Crippen molar-refractivity contribution in [2.45, 2.75) is 32.4 Å². The SMILES string of the molecule is CC(C)Oc1ccc2c(c1)[C@@H](NC(=O)O)CCO2. The number of rotatable bonds is 3. The molecule has 18 heavy (non-hydrogen) atoms. The Morgan fingerprint density at radius 1 is 1.56 bits per heavy atom. The number of nitrogens with one attached hydrogen (secondary N) is 1. The van der Waals surface area contributed by atoms with Crippen molar-refractivity contribution in [1.29, 1.82) is 0 Å². The molecule has 5 heteroatoms. The van der Waals surface area contributed by atoms with Gasteiger partial charge in [-0.1, -0.05) is 0 Å². The molecule has 1 aromatic rings. The summed E-state index contributed by atoms with van der Waals surface area (Å²) in [5.41, 5.74) is 0.835. The number of carbonyl (C=O) groups is 1. The van der Waals surface area contributed by atoms with Crippen LogP contribution in [0.15, 0.2) is 18.2 Å². The zero-order valence-electron chi connectivity index (χ0n) is 10.5. The van der Waals surface area contributed by atoms with Gasteiger partial charge >= 0.3 is 6.09 Å². The number of benzene rings is 1. The van der Waals surface area contributed by atoms with Crippen molar-refractivity contribution in [3.8, 4) is 11.5 Å². The quantitative estimate of drug-likeness (QED) is 0.866. The molecular formula is C13H17NO4. The second-order valence-electron chi connectivity index (χ2n) is 4.51. The van der Waals surface area contributed by atoms with E-state index >= 15 is 0 Å². The Morgan fingerprint density at radius 2 is 2.33 bits per heavy atom. The summed E-state index contributed by atoms with van der Waals surface area (Å²) in [6.45, 7) is 4.41. The number of ether oxygens (including phenoxy) is 2. The summed E-state index contributed by atoms with van der Waals surface area (Å²) in [6.07, 6.45) is -0.314. The number of fused-ring (bicyclic) bond motifs is 1. The molecule has 0 saturated carbocycles. The summed E-state index contributed by atoms with van der Waals surface area (Å²) in [4.78, 5) is 10.8. The van der Waals surface area contributed by atoms with Gasteiger partial charge in [0.05, 0.1) is 18.8 Å². The topological polar surface area (TPSA) is 67.8 Å². The first-order chi connectivity index (χ1) is 8.56. The fourth-order valence-electron chi connectivity index (χ4n) is 2.02. The van der Waals surface area contributed by atoms with Gasteiger partial charge in [0.25, 0.3) is 0 Å². The van der Waals surface area contributed by atoms with Crippen LogP contribution >= 0.6 is 0 Å². The van der Waals surface area contributed by atoms with Crippen LogP contribution in [0.3, 0.4) is 0 Å². The lowest BCUT2D eigenvalue weighted by molar-refractivity contribution is 0.181. The molecule has 2 N–H and O–H groups in total. The van der Waals surface area contributed by atoms with Gasteiger partial charge in [-0.15, -0.1) is 0 Å². The van der Waals surface area contributed by atoms with Gasteiger partial charge < -0.3 is 19.9 Å². The third-order valence-corrected chi connectivity index (χ3v) is 2.69. The van der Waals surface area contributed by atoms with Crippen LogP contribution in [0.2, 0.25) is 0 Å². The monoisotopic (exact) mass is 251 g/mol. The average molecular weight is 251 g/mol. The summed E-state index contributed by atoms with van der Waals surface area (Å²) in [5, 5.41) is 11.3. The second-order valence-corrected chi connectivity index (χ2v) is 4.51. The van der Waals surface area contributed by atoms with Crippen LogP contribution in [0.25, 0.3) is 0 Å². The molecule has 0 aromatic heterocycles. The van der Waals surface area contributed by atoms with Crippen LogP contribution in [-0.4, -0.2) is 23.9 Å². The molecule has 98 valence electrons. The van der Waals surface area contributed by atoms with Crippen LogP contribution in [-0.2, 0) is 0 Å². The Kier molecular flexibility index (Phi) is 3.60. The fourth-order valence-corrected chi connectivity index (χ4v) is 2.02. The minimum absolute atomic E-state index is 0.0819. The molecule has 0 spiro atoms. The van der Waals surface area contributed by atoms with Gasteiger partial charge in [-0.05, 0) is 32.0 Å². The van der Waals surface area contributed by atoms with E-state index in [9.17, 15) is 4.79 Å². The van der Waals surface area contributed by atoms with E-state index < -0.39 is 6.09 Å². The molecule has 0 bridgehead atoms. The molecule has 0 fully saturated rings. The highest BCUT2D eigenvalue weighted by Crippen LogP contribution is 2.34. The lowest BCUT2D eigenvalue weighted by Gasteiger charge is -2.26. The maximum atomic E-state index is 10.8. The zero-order valence-corrected chi connectivity index (χ0v) is 10.5. The third kappa shape index (κ3) is 2.85. The van der Waals surface area contributed by atoms with E-state index in [1.54, 1.807) is 0 Å². The average Bonchev–Trinajstić information content (AvgIpc) is 2.28. The normalized spacial score (nSPS) is 17.8. The summed E-state index contributed by atoms with van der Waals surface area (Å²) >= 11 is 0. The third-order valence-electron chi connectivity index (χ3n) is 2.69. The minimum Gasteiger partial charge on any atom is -0.493 e. The van der Waals surface area contributed by atoms with E-state index in [2.05, 4.69) is 5.32 Å². The zero-order chi connectivity index (χ0) is 13.1. The summed E-state index contributed by atoms with van der Waals surface area (Å²) < 4.78 is 11.1. The van der Waals surface area contributed by atoms with Crippen LogP contribution < -0.4 is 14.8 Å². The van der Waals surface area contributed by atoms with E-state index in [-0.39, 0.29) is 12.1 Å². The maximum Gasteiger partial charge on any atom is 0.405 e. The largest absolute Gasteiger partial charge is 0.493 e. The Morgan fingerprint density at radius 3 is 3.00 bits per heavy atom. The first-order valence-corrected chi connectivity index (χ1v) is 5.99. The van der Waals surface area contributed by atoms with Gasteiger partial charge in [0.15, 0.2) is 0 Å². The molecule has 1 amide bonds. The van der Waals surface area contributed by atoms with Crippen molar-refractivity contribution in [3.63, 3.8) is 0 Å². The highest BCUT2D eigenvalue weighted by atomic mass is 16.5.